The van der Waals surface area contributed by atoms with Crippen molar-refractivity contribution in [3.8, 4) is 0 Å². The lowest BCUT2D eigenvalue weighted by molar-refractivity contribution is -0.0685. The van der Waals surface area contributed by atoms with Crippen molar-refractivity contribution in [2.75, 3.05) is 6.61 Å². The van der Waals surface area contributed by atoms with Gasteiger partial charge in [0.1, 0.15) is 0 Å². The average Bonchev–Trinajstić information content (AvgIpc) is 3.41. The van der Waals surface area contributed by atoms with E-state index in [0.717, 1.165) is 44.9 Å². The third-order valence-corrected chi connectivity index (χ3v) is 19.7. The Kier molecular flexibility index (Phi) is 10.9. The second kappa shape index (κ2) is 14.5. The Morgan fingerprint density at radius 1 is 0.960 bits per heavy atom. The molecule has 50 heavy (non-hydrogen) atoms. The van der Waals surface area contributed by atoms with Gasteiger partial charge in [-0.2, -0.15) is 0 Å². The van der Waals surface area contributed by atoms with Gasteiger partial charge in [-0.15, -0.1) is 0 Å². The van der Waals surface area contributed by atoms with Crippen LogP contribution in [-0.2, 0) is 4.43 Å². The largest absolute Gasteiger partial charge is 0.404 e. The summed E-state index contributed by atoms with van der Waals surface area (Å²) >= 11 is 0. The lowest BCUT2D eigenvalue weighted by Crippen LogP contribution is -2.68. The molecule has 11 atom stereocenters. The van der Waals surface area contributed by atoms with Crippen molar-refractivity contribution in [3.63, 3.8) is 0 Å². The van der Waals surface area contributed by atoms with Gasteiger partial charge in [-0.05, 0) is 125 Å². The number of allylic oxidation sites excluding steroid dienone is 1. The summed E-state index contributed by atoms with van der Waals surface area (Å²) in [5.74, 6) is 2.05. The summed E-state index contributed by atoms with van der Waals surface area (Å²) in [5, 5.41) is 28.1. The fraction of sp³-hybridized carbons (Fsp3) is 0.674. The molecule has 0 aromatic heterocycles. The van der Waals surface area contributed by atoms with E-state index in [4.69, 9.17) is 4.43 Å². The van der Waals surface area contributed by atoms with E-state index in [9.17, 15) is 15.7 Å². The summed E-state index contributed by atoms with van der Waals surface area (Å²) in [6, 6.07) is 22.0. The van der Waals surface area contributed by atoms with Gasteiger partial charge in [-0.3, -0.25) is 0 Å². The molecule has 6 nitrogen and oxygen atoms in total. The number of aliphatic hydroxyl groups excluding tert-OH is 2. The number of azide groups is 1. The smallest absolute Gasteiger partial charge is 0.261 e. The minimum absolute atomic E-state index is 0.0360. The third kappa shape index (κ3) is 6.44. The highest BCUT2D eigenvalue weighted by Crippen LogP contribution is 2.68. The van der Waals surface area contributed by atoms with Crippen LogP contribution < -0.4 is 10.4 Å². The van der Waals surface area contributed by atoms with Crippen LogP contribution in [0.4, 0.5) is 0 Å². The van der Waals surface area contributed by atoms with E-state index in [-0.39, 0.29) is 52.4 Å². The molecule has 0 saturated heterocycles. The van der Waals surface area contributed by atoms with Crippen molar-refractivity contribution in [2.45, 2.75) is 130 Å². The molecule has 272 valence electrons. The van der Waals surface area contributed by atoms with Crippen LogP contribution in [0.1, 0.15) is 106 Å². The number of fused-ring (bicyclic) bond motifs is 5. The SMILES string of the molecule is C[C@H](CO)CC[C@@H](O)[C@@H](C)[C@H]1[C@@H](N=[N+]=[N-])C[C@H]2[C@@H]3CC=C4C[C@@H](O[Si](c5ccccc5)(c5ccccc5)C(C)(C)C)CC[C@]4(C)[C@H]3CC[C@]12C. The van der Waals surface area contributed by atoms with Crippen LogP contribution in [-0.4, -0.2) is 43.4 Å². The summed E-state index contributed by atoms with van der Waals surface area (Å²) in [6.45, 7) is 16.5. The molecule has 4 aliphatic carbocycles. The number of benzene rings is 2. The topological polar surface area (TPSA) is 98.5 Å². The standard InChI is InChI=1S/C43H63N3O3Si/c1-29(28-47)18-21-39(48)30(2)40-38(45-46-44)27-37-35-20-19-31-26-32(22-24-42(31,6)36(35)23-25-43(37,40)7)49-50(41(3,4)5,33-14-10-8-11-15-33)34-16-12-9-13-17-34/h8-17,19,29-30,32,35-40,47-48H,18,20-28H2,1-7H3/t29-,30+,32-,35+,36-,37-,38-,39+,40-,42-,43-/m0/s1. The molecule has 0 bridgehead atoms. The number of hydrogen-bond donors (Lipinski definition) is 2. The molecule has 7 heteroatoms. The maximum absolute atomic E-state index is 11.4. The van der Waals surface area contributed by atoms with Gasteiger partial charge in [0, 0.05) is 23.7 Å². The van der Waals surface area contributed by atoms with E-state index >= 15 is 0 Å². The molecule has 0 aliphatic heterocycles. The zero-order valence-electron chi connectivity index (χ0n) is 31.8. The van der Waals surface area contributed by atoms with Crippen LogP contribution in [0.2, 0.25) is 5.04 Å². The molecule has 0 heterocycles. The van der Waals surface area contributed by atoms with Gasteiger partial charge in [-0.25, -0.2) is 0 Å². The van der Waals surface area contributed by atoms with E-state index in [1.807, 2.05) is 6.92 Å². The van der Waals surface area contributed by atoms with Crippen LogP contribution in [0.3, 0.4) is 0 Å². The molecule has 0 unspecified atom stereocenters. The van der Waals surface area contributed by atoms with E-state index in [2.05, 4.69) is 118 Å². The van der Waals surface area contributed by atoms with Crippen molar-refractivity contribution < 1.29 is 14.6 Å². The molecule has 0 radical (unpaired) electrons. The molecule has 2 aromatic carbocycles. The fourth-order valence-corrected chi connectivity index (χ4v) is 16.6. The van der Waals surface area contributed by atoms with Crippen LogP contribution in [0.5, 0.6) is 0 Å². The highest BCUT2D eigenvalue weighted by molar-refractivity contribution is 6.99. The molecule has 2 N–H and O–H groups in total. The molecule has 4 aliphatic rings. The summed E-state index contributed by atoms with van der Waals surface area (Å²) in [4.78, 5) is 3.36. The Labute approximate surface area is 302 Å². The monoisotopic (exact) mass is 697 g/mol. The maximum atomic E-state index is 11.4. The van der Waals surface area contributed by atoms with Crippen molar-refractivity contribution in [2.24, 2.45) is 51.5 Å². The van der Waals surface area contributed by atoms with Gasteiger partial charge in [0.2, 0.25) is 0 Å². The van der Waals surface area contributed by atoms with E-state index in [1.54, 1.807) is 5.57 Å². The summed E-state index contributed by atoms with van der Waals surface area (Å²) < 4.78 is 7.69. The highest BCUT2D eigenvalue weighted by Gasteiger charge is 2.62. The zero-order valence-corrected chi connectivity index (χ0v) is 32.8. The van der Waals surface area contributed by atoms with Gasteiger partial charge in [0.25, 0.3) is 8.32 Å². The Hall–Kier alpha value is -2.41. The van der Waals surface area contributed by atoms with Crippen molar-refractivity contribution in [1.29, 1.82) is 0 Å². The van der Waals surface area contributed by atoms with Crippen molar-refractivity contribution in [1.82, 2.24) is 0 Å². The van der Waals surface area contributed by atoms with Crippen LogP contribution in [0.15, 0.2) is 77.4 Å². The number of nitrogens with zero attached hydrogens (tertiary/aromatic N) is 3. The third-order valence-electron chi connectivity index (χ3n) is 14.6. The molecule has 0 spiro atoms. The van der Waals surface area contributed by atoms with Crippen molar-refractivity contribution >= 4 is 18.7 Å². The fourth-order valence-electron chi connectivity index (χ4n) is 11.9. The molecule has 2 aromatic rings. The Bertz CT molecular complexity index is 1500. The quantitative estimate of drug-likeness (QED) is 0.0805. The predicted octanol–water partition coefficient (Wildman–Crippen LogP) is 9.21. The summed E-state index contributed by atoms with van der Waals surface area (Å²) in [6.07, 6.45) is 11.4. The first-order chi connectivity index (χ1) is 23.8. The van der Waals surface area contributed by atoms with Crippen LogP contribution in [0.25, 0.3) is 10.4 Å². The number of hydrogen-bond acceptors (Lipinski definition) is 4. The van der Waals surface area contributed by atoms with Gasteiger partial charge >= 0.3 is 0 Å². The Morgan fingerprint density at radius 2 is 1.60 bits per heavy atom. The minimum atomic E-state index is -2.64. The summed E-state index contributed by atoms with van der Waals surface area (Å²) in [5.41, 5.74) is 11.5. The van der Waals surface area contributed by atoms with E-state index in [0.29, 0.717) is 24.2 Å². The molecule has 3 saturated carbocycles. The maximum Gasteiger partial charge on any atom is 0.261 e. The molecule has 0 amide bonds. The summed E-state index contributed by atoms with van der Waals surface area (Å²) in [7, 11) is -2.64. The first-order valence-corrected chi connectivity index (χ1v) is 21.5. The van der Waals surface area contributed by atoms with Crippen LogP contribution in [0, 0.1) is 46.3 Å². The second-order valence-corrected chi connectivity index (χ2v) is 22.5. The van der Waals surface area contributed by atoms with Gasteiger partial charge in [0.15, 0.2) is 0 Å². The van der Waals surface area contributed by atoms with E-state index < -0.39 is 14.4 Å². The lowest BCUT2D eigenvalue weighted by Gasteiger charge is -2.59. The Balaban J connectivity index is 1.26. The predicted molar refractivity (Wildman–Crippen MR) is 207 cm³/mol. The number of rotatable bonds is 11. The van der Waals surface area contributed by atoms with E-state index in [1.165, 1.54) is 16.8 Å². The normalized spacial score (nSPS) is 34.3. The molecular weight excluding hydrogens is 635 g/mol. The van der Waals surface area contributed by atoms with Gasteiger partial charge in [-0.1, -0.05) is 126 Å². The second-order valence-electron chi connectivity index (χ2n) is 18.3. The van der Waals surface area contributed by atoms with Crippen molar-refractivity contribution in [3.05, 3.63) is 82.8 Å². The number of aliphatic hydroxyl groups is 2. The minimum Gasteiger partial charge on any atom is -0.404 e. The zero-order chi connectivity index (χ0) is 35.9. The first-order valence-electron chi connectivity index (χ1n) is 19.6. The molecular formula is C43H63N3O3Si. The molecule has 3 fully saturated rings. The average molecular weight is 698 g/mol. The van der Waals surface area contributed by atoms with Gasteiger partial charge in [0.05, 0.1) is 6.10 Å². The Morgan fingerprint density at radius 3 is 2.18 bits per heavy atom. The van der Waals surface area contributed by atoms with Crippen LogP contribution >= 0.6 is 0 Å². The lowest BCUT2D eigenvalue weighted by atomic mass is 9.47. The highest BCUT2D eigenvalue weighted by atomic mass is 28.4. The van der Waals surface area contributed by atoms with Gasteiger partial charge < -0.3 is 14.6 Å². The molecule has 6 rings (SSSR count). The first kappa shape index (κ1) is 37.3.